The van der Waals surface area contributed by atoms with Gasteiger partial charge < -0.3 is 29.7 Å². The maximum atomic E-state index is 14.0. The molecule has 3 heterocycles. The Morgan fingerprint density at radius 2 is 1.58 bits per heavy atom. The minimum atomic E-state index is -0.673. The van der Waals surface area contributed by atoms with Crippen molar-refractivity contribution in [3.8, 4) is 5.75 Å². The number of urea groups is 1. The number of fused-ring (bicyclic) bond motifs is 1. The molecule has 0 aliphatic carbocycles. The summed E-state index contributed by atoms with van der Waals surface area (Å²) >= 11 is 0. The molecule has 1 aromatic heterocycles. The lowest BCUT2D eigenvalue weighted by Gasteiger charge is -2.37. The van der Waals surface area contributed by atoms with Gasteiger partial charge in [-0.3, -0.25) is 9.59 Å². The molecule has 10 heteroatoms. The van der Waals surface area contributed by atoms with Crippen molar-refractivity contribution in [2.24, 2.45) is 5.73 Å². The Morgan fingerprint density at radius 3 is 2.23 bits per heavy atom. The number of amides is 4. The summed E-state index contributed by atoms with van der Waals surface area (Å²) in [5, 5.41) is 0. The number of aromatic nitrogens is 2. The van der Waals surface area contributed by atoms with E-state index in [9.17, 15) is 14.4 Å². The van der Waals surface area contributed by atoms with Gasteiger partial charge in [-0.2, -0.15) is 0 Å². The van der Waals surface area contributed by atoms with Crippen LogP contribution in [-0.2, 0) is 40.9 Å². The van der Waals surface area contributed by atoms with Gasteiger partial charge >= 0.3 is 6.03 Å². The molecule has 2 N–H and O–H groups in total. The fourth-order valence-corrected chi connectivity index (χ4v) is 5.88. The molecule has 0 radical (unpaired) electrons. The highest BCUT2D eigenvalue weighted by Crippen LogP contribution is 2.27. The molecule has 4 amide bonds. The highest BCUT2D eigenvalue weighted by atomic mass is 16.5. The van der Waals surface area contributed by atoms with Crippen LogP contribution >= 0.6 is 0 Å². The molecule has 1 fully saturated rings. The van der Waals surface area contributed by atoms with Gasteiger partial charge in [0.2, 0.25) is 11.8 Å². The van der Waals surface area contributed by atoms with Gasteiger partial charge in [0.15, 0.2) is 0 Å². The van der Waals surface area contributed by atoms with Crippen LogP contribution in [0.2, 0.25) is 0 Å². The number of primary amides is 1. The second-order valence-corrected chi connectivity index (χ2v) is 12.5. The Hall–Kier alpha value is -4.34. The summed E-state index contributed by atoms with van der Waals surface area (Å²) < 4.78 is 7.36. The van der Waals surface area contributed by atoms with E-state index in [0.29, 0.717) is 52.1 Å². The number of carbonyl (C=O) groups is 3. The molecule has 0 saturated carbocycles. The van der Waals surface area contributed by atoms with Crippen molar-refractivity contribution >= 4 is 17.8 Å². The fraction of sp³-hybridized carbons (Fsp3) is 0.455. The second kappa shape index (κ2) is 12.5. The van der Waals surface area contributed by atoms with Gasteiger partial charge in [-0.1, -0.05) is 57.2 Å². The number of nitrogens with zero attached hydrogens (tertiary/aromatic N) is 5. The number of nitrogens with two attached hydrogens (primary N) is 1. The molecule has 1 atom stereocenters. The zero-order valence-electron chi connectivity index (χ0n) is 25.6. The first-order valence-electron chi connectivity index (χ1n) is 14.9. The zero-order chi connectivity index (χ0) is 30.7. The first kappa shape index (κ1) is 30.1. The van der Waals surface area contributed by atoms with Crippen molar-refractivity contribution < 1.29 is 19.1 Å². The third kappa shape index (κ3) is 6.84. The summed E-state index contributed by atoms with van der Waals surface area (Å²) in [7, 11) is 1.61. The van der Waals surface area contributed by atoms with E-state index < -0.39 is 12.1 Å². The van der Waals surface area contributed by atoms with Crippen LogP contribution < -0.4 is 10.5 Å². The standard InChI is InChI=1S/C33H42N6O4/c1-33(2,3)25-10-6-24(7-11-25)20-38-22-35-27-19-28(31(41)36-14-5-15-37(17-16-36)32(34)42)39(21-29(27)38)30(40)18-23-8-12-26(43-4)13-9-23/h6-13,22,28H,5,14-21H2,1-4H3,(H2,34,42). The molecule has 2 aromatic carbocycles. The minimum Gasteiger partial charge on any atom is -0.497 e. The Kier molecular flexibility index (Phi) is 8.75. The summed E-state index contributed by atoms with van der Waals surface area (Å²) in [5.41, 5.74) is 10.6. The van der Waals surface area contributed by atoms with Crippen molar-refractivity contribution in [2.45, 2.75) is 64.6 Å². The molecule has 43 heavy (non-hydrogen) atoms. The Morgan fingerprint density at radius 1 is 0.930 bits per heavy atom. The van der Waals surface area contributed by atoms with Gasteiger partial charge in [-0.15, -0.1) is 0 Å². The largest absolute Gasteiger partial charge is 0.497 e. The minimum absolute atomic E-state index is 0.0739. The van der Waals surface area contributed by atoms with Crippen molar-refractivity contribution in [3.05, 3.63) is 82.9 Å². The number of imidazole rings is 1. The molecule has 228 valence electrons. The lowest BCUT2D eigenvalue weighted by atomic mass is 9.87. The van der Waals surface area contributed by atoms with Gasteiger partial charge in [0.05, 0.1) is 37.8 Å². The van der Waals surface area contributed by atoms with Crippen LogP contribution in [0.5, 0.6) is 5.75 Å². The normalized spacial score (nSPS) is 17.3. The number of carbonyl (C=O) groups excluding carboxylic acids is 3. The summed E-state index contributed by atoms with van der Waals surface area (Å²) in [6.45, 7) is 9.28. The van der Waals surface area contributed by atoms with Crippen molar-refractivity contribution in [2.75, 3.05) is 33.3 Å². The Labute approximate surface area is 253 Å². The Balaban J connectivity index is 1.40. The molecular formula is C33H42N6O4. The van der Waals surface area contributed by atoms with E-state index in [0.717, 1.165) is 28.3 Å². The smallest absolute Gasteiger partial charge is 0.314 e. The number of ether oxygens (including phenoxy) is 1. The molecule has 1 unspecified atom stereocenters. The molecule has 2 aliphatic heterocycles. The van der Waals surface area contributed by atoms with E-state index in [1.54, 1.807) is 21.8 Å². The molecule has 0 spiro atoms. The number of benzene rings is 2. The Bertz CT molecular complexity index is 1460. The van der Waals surface area contributed by atoms with Gasteiger partial charge in [-0.05, 0) is 40.7 Å². The molecule has 0 bridgehead atoms. The number of hydrogen-bond acceptors (Lipinski definition) is 5. The lowest BCUT2D eigenvalue weighted by molar-refractivity contribution is -0.146. The van der Waals surface area contributed by atoms with Crippen molar-refractivity contribution in [1.29, 1.82) is 0 Å². The lowest BCUT2D eigenvalue weighted by Crippen LogP contribution is -2.55. The predicted octanol–water partition coefficient (Wildman–Crippen LogP) is 3.35. The molecular weight excluding hydrogens is 544 g/mol. The van der Waals surface area contributed by atoms with E-state index in [1.165, 1.54) is 5.56 Å². The third-order valence-corrected chi connectivity index (χ3v) is 8.53. The van der Waals surface area contributed by atoms with Gasteiger partial charge in [0, 0.05) is 39.1 Å². The monoisotopic (exact) mass is 586 g/mol. The predicted molar refractivity (Wildman–Crippen MR) is 164 cm³/mol. The summed E-state index contributed by atoms with van der Waals surface area (Å²) in [6, 6.07) is 14.9. The molecule has 3 aromatic rings. The van der Waals surface area contributed by atoms with Crippen LogP contribution in [0.1, 0.15) is 55.3 Å². The average molecular weight is 587 g/mol. The SMILES string of the molecule is COc1ccc(CC(=O)N2Cc3c(ncn3Cc3ccc(C(C)(C)C)cc3)CC2C(=O)N2CCCN(C(N)=O)CC2)cc1. The average Bonchev–Trinajstić information content (AvgIpc) is 3.20. The molecule has 10 nitrogen and oxygen atoms in total. The maximum absolute atomic E-state index is 14.0. The third-order valence-electron chi connectivity index (χ3n) is 8.53. The van der Waals surface area contributed by atoms with Gasteiger partial charge in [-0.25, -0.2) is 9.78 Å². The summed E-state index contributed by atoms with van der Waals surface area (Å²) in [4.78, 5) is 49.4. The van der Waals surface area contributed by atoms with Gasteiger partial charge in [0.1, 0.15) is 11.8 Å². The summed E-state index contributed by atoms with van der Waals surface area (Å²) in [6.07, 6.45) is 2.96. The van der Waals surface area contributed by atoms with Crippen LogP contribution in [0.4, 0.5) is 4.79 Å². The van der Waals surface area contributed by atoms with Crippen LogP contribution in [0, 0.1) is 0 Å². The molecule has 5 rings (SSSR count). The first-order valence-corrected chi connectivity index (χ1v) is 14.9. The van der Waals surface area contributed by atoms with Crippen molar-refractivity contribution in [1.82, 2.24) is 24.3 Å². The van der Waals surface area contributed by atoms with Crippen molar-refractivity contribution in [3.63, 3.8) is 0 Å². The first-order chi connectivity index (χ1) is 20.5. The number of rotatable bonds is 6. The van der Waals surface area contributed by atoms with E-state index in [2.05, 4.69) is 49.6 Å². The molecule has 1 saturated heterocycles. The fourth-order valence-electron chi connectivity index (χ4n) is 5.88. The van der Waals surface area contributed by atoms with E-state index in [4.69, 9.17) is 15.5 Å². The van der Waals surface area contributed by atoms with E-state index in [-0.39, 0.29) is 23.7 Å². The summed E-state index contributed by atoms with van der Waals surface area (Å²) in [5.74, 6) is 0.481. The van der Waals surface area contributed by atoms with E-state index in [1.807, 2.05) is 30.6 Å². The molecule has 2 aliphatic rings. The van der Waals surface area contributed by atoms with E-state index >= 15 is 0 Å². The highest BCUT2D eigenvalue weighted by Gasteiger charge is 2.39. The van der Waals surface area contributed by atoms with Crippen LogP contribution in [-0.4, -0.2) is 81.4 Å². The topological polar surface area (TPSA) is 114 Å². The number of hydrogen-bond donors (Lipinski definition) is 1. The second-order valence-electron chi connectivity index (χ2n) is 12.5. The number of methoxy groups -OCH3 is 1. The maximum Gasteiger partial charge on any atom is 0.314 e. The zero-order valence-corrected chi connectivity index (χ0v) is 25.6. The quantitative estimate of drug-likeness (QED) is 0.476. The highest BCUT2D eigenvalue weighted by molar-refractivity contribution is 5.89. The van der Waals surface area contributed by atoms with Crippen LogP contribution in [0.25, 0.3) is 0 Å². The van der Waals surface area contributed by atoms with Crippen LogP contribution in [0.15, 0.2) is 54.9 Å². The van der Waals surface area contributed by atoms with Gasteiger partial charge in [0.25, 0.3) is 0 Å². The van der Waals surface area contributed by atoms with Crippen LogP contribution in [0.3, 0.4) is 0 Å².